The Kier molecular flexibility index (Phi) is 35.4. The molecule has 3 fully saturated rings. The highest BCUT2D eigenvalue weighted by atomic mass is 16.6. The second kappa shape index (κ2) is 45.5. The molecule has 0 aliphatic heterocycles. The van der Waals surface area contributed by atoms with Crippen LogP contribution in [0.3, 0.4) is 0 Å². The molecule has 0 spiro atoms. The van der Waals surface area contributed by atoms with E-state index < -0.39 is 109 Å². The van der Waals surface area contributed by atoms with Crippen LogP contribution in [0.15, 0.2) is 118 Å². The largest absolute Gasteiger partial charge is 0.469 e. The van der Waals surface area contributed by atoms with Gasteiger partial charge in [0.2, 0.25) is 0 Å². The van der Waals surface area contributed by atoms with Crippen molar-refractivity contribution in [2.45, 2.75) is 320 Å². The Balaban J connectivity index is 0.697. The zero-order chi connectivity index (χ0) is 93.0. The number of ether oxygens (including phenoxy) is 11. The van der Waals surface area contributed by atoms with Crippen LogP contribution in [0.25, 0.3) is 0 Å². The number of allylic oxidation sites excluding steroid dienone is 12. The number of methoxy groups -OCH3 is 2. The maximum absolute atomic E-state index is 14.9. The standard InChI is InChI=1S/C107H148O22/c1-69(2)72-40-46-85-75(58-72)43-49-88-102(85,7)52-29-55-105(88,10)99(116)124-66-82(64-122-96(113)79-33-27-32-78(61-79)95(112)120-14)127-94(111)39-26-22-18-16-20-24-37-92(109)121-63-84(68-126-101(118)107(12)57-31-54-104(9)87-48-42-74(71(5)6)60-77(87)45-51-90(104)107)129-98(115)81-35-28-34-80(62-81)97(114)123-65-83(128-93(110)38-25-21-17-15-19-23-36-91(108)119-13)67-125-100(117)106(11)56-30-53-103(8)86-47-41-73(70(3)4)59-76(86)44-50-89(103)106/h27-28,32-35,43-45,58-62,69-71,82-90H,15-26,29-31,36-42,46-57,63-68H2,1-14H3/t82?,83?,84?,85-,86-,87-,88?,89?,90?,102+,103+,104+,105+,106+,107+/m0/s1. The summed E-state index contributed by atoms with van der Waals surface area (Å²) in [5.74, 6) is -3.91. The third-order valence-corrected chi connectivity index (χ3v) is 31.5. The zero-order valence-corrected chi connectivity index (χ0v) is 79.8. The maximum Gasteiger partial charge on any atom is 0.338 e. The highest BCUT2D eigenvalue weighted by molar-refractivity contribution is 5.96. The molecule has 6 unspecified atom stereocenters. The average molecular weight is 1790 g/mol. The van der Waals surface area contributed by atoms with Crippen molar-refractivity contribution >= 4 is 65.7 Å². The highest BCUT2D eigenvalue weighted by Crippen LogP contribution is 2.66. The summed E-state index contributed by atoms with van der Waals surface area (Å²) in [5, 5.41) is 0. The lowest BCUT2D eigenvalue weighted by atomic mass is 9.47. The summed E-state index contributed by atoms with van der Waals surface area (Å²) >= 11 is 0. The molecule has 2 aromatic rings. The van der Waals surface area contributed by atoms with Crippen LogP contribution in [0, 0.1) is 85.8 Å². The Labute approximate surface area is 766 Å². The maximum atomic E-state index is 14.9. The zero-order valence-electron chi connectivity index (χ0n) is 79.8. The molecule has 15 atom stereocenters. The molecule has 22 nitrogen and oxygen atoms in total. The minimum atomic E-state index is -1.27. The lowest BCUT2D eigenvalue weighted by molar-refractivity contribution is -0.177. The van der Waals surface area contributed by atoms with Crippen LogP contribution in [-0.2, 0) is 85.7 Å². The van der Waals surface area contributed by atoms with Gasteiger partial charge in [-0.25, -0.2) is 19.2 Å². The molecule has 9 aliphatic rings. The minimum absolute atomic E-state index is 0.0121. The van der Waals surface area contributed by atoms with Crippen molar-refractivity contribution in [1.29, 1.82) is 0 Å². The topological polar surface area (TPSA) is 289 Å². The van der Waals surface area contributed by atoms with Gasteiger partial charge in [-0.2, -0.15) is 0 Å². The van der Waals surface area contributed by atoms with Gasteiger partial charge in [0.05, 0.1) is 52.7 Å². The number of benzene rings is 2. The number of unbranched alkanes of at least 4 members (excludes halogenated alkanes) is 10. The van der Waals surface area contributed by atoms with Crippen LogP contribution in [0.4, 0.5) is 0 Å². The van der Waals surface area contributed by atoms with Crippen molar-refractivity contribution in [3.05, 3.63) is 141 Å². The van der Waals surface area contributed by atoms with E-state index in [0.29, 0.717) is 106 Å². The second-order valence-electron chi connectivity index (χ2n) is 41.1. The SMILES string of the molecule is COC(=O)CCCCCCCCC(=O)OC(COC(=O)c1cccc(C(=O)OC(COC(=O)CCCCCCCCC(=O)OC(COC(=O)c2cccc(C(=O)OC)c2)COC(=O)[C@]2(C)CCC[C@@]3(C)C2CC=C2C=C(C(C)C)CC[C@@H]23)COC(=O)[C@]2(C)CCC[C@@]3(C)C2CC=C2C=C(C(C)C)CC[C@@H]23)c1)COC(=O)[C@]1(C)CCC[C@@]2(C)C1CC=C1C=C(C(C)C)CC[C@@H]12. The fourth-order valence-corrected chi connectivity index (χ4v) is 23.8. The van der Waals surface area contributed by atoms with Gasteiger partial charge in [-0.05, 0) is 265 Å². The van der Waals surface area contributed by atoms with Gasteiger partial charge >= 0.3 is 65.7 Å². The van der Waals surface area contributed by atoms with Crippen LogP contribution in [0.5, 0.6) is 0 Å². The fraction of sp³-hybridized carbons (Fsp3) is 0.673. The molecule has 129 heavy (non-hydrogen) atoms. The smallest absolute Gasteiger partial charge is 0.338 e. The van der Waals surface area contributed by atoms with Gasteiger partial charge in [-0.3, -0.25) is 33.6 Å². The fourth-order valence-electron chi connectivity index (χ4n) is 23.8. The molecule has 11 rings (SSSR count). The van der Waals surface area contributed by atoms with E-state index in [9.17, 15) is 52.7 Å². The van der Waals surface area contributed by atoms with Gasteiger partial charge in [-0.1, -0.05) is 198 Å². The Hall–Kier alpha value is -8.95. The first-order chi connectivity index (χ1) is 61.6. The van der Waals surface area contributed by atoms with Gasteiger partial charge in [0, 0.05) is 25.7 Å². The normalized spacial score (nSPS) is 27.4. The molecule has 0 amide bonds. The van der Waals surface area contributed by atoms with Gasteiger partial charge in [0.25, 0.3) is 0 Å². The number of hydrogen-bond donors (Lipinski definition) is 0. The van der Waals surface area contributed by atoms with E-state index >= 15 is 0 Å². The number of carbonyl (C=O) groups is 11. The number of hydrogen-bond acceptors (Lipinski definition) is 22. The molecule has 22 heteroatoms. The molecule has 0 heterocycles. The number of rotatable bonds is 43. The van der Waals surface area contributed by atoms with Gasteiger partial charge in [0.15, 0.2) is 18.3 Å². The molecule has 0 radical (unpaired) electrons. The van der Waals surface area contributed by atoms with E-state index in [1.807, 2.05) is 20.8 Å². The summed E-state index contributed by atoms with van der Waals surface area (Å²) in [6.45, 7) is 24.0. The van der Waals surface area contributed by atoms with Crippen molar-refractivity contribution in [2.24, 2.45) is 85.8 Å². The molecule has 3 saturated carbocycles. The van der Waals surface area contributed by atoms with Crippen molar-refractivity contribution in [2.75, 3.05) is 53.9 Å². The third-order valence-electron chi connectivity index (χ3n) is 31.5. The number of fused-ring (bicyclic) bond motifs is 9. The summed E-state index contributed by atoms with van der Waals surface area (Å²) in [7, 11) is 2.61. The monoisotopic (exact) mass is 1790 g/mol. The van der Waals surface area contributed by atoms with E-state index in [-0.39, 0.29) is 107 Å². The summed E-state index contributed by atoms with van der Waals surface area (Å²) in [4.78, 5) is 151. The van der Waals surface area contributed by atoms with Crippen molar-refractivity contribution in [1.82, 2.24) is 0 Å². The molecular weight excluding hydrogens is 1640 g/mol. The molecule has 9 aliphatic carbocycles. The van der Waals surface area contributed by atoms with Crippen molar-refractivity contribution < 1.29 is 105 Å². The van der Waals surface area contributed by atoms with Gasteiger partial charge < -0.3 is 52.1 Å². The first kappa shape index (κ1) is 101. The molecule has 0 aromatic heterocycles. The summed E-state index contributed by atoms with van der Waals surface area (Å²) in [6.07, 6.45) is 35.0. The van der Waals surface area contributed by atoms with E-state index in [4.69, 9.17) is 52.1 Å². The van der Waals surface area contributed by atoms with Gasteiger partial charge in [0.1, 0.15) is 39.6 Å². The summed E-state index contributed by atoms with van der Waals surface area (Å²) in [5.41, 5.74) is 5.67. The summed E-state index contributed by atoms with van der Waals surface area (Å²) in [6, 6.07) is 11.6. The molecule has 0 bridgehead atoms. The van der Waals surface area contributed by atoms with Crippen LogP contribution in [0.2, 0.25) is 0 Å². The second-order valence-corrected chi connectivity index (χ2v) is 41.1. The van der Waals surface area contributed by atoms with Crippen molar-refractivity contribution in [3.63, 3.8) is 0 Å². The Morgan fingerprint density at radius 1 is 0.333 bits per heavy atom. The molecule has 708 valence electrons. The minimum Gasteiger partial charge on any atom is -0.469 e. The summed E-state index contributed by atoms with van der Waals surface area (Å²) < 4.78 is 63.7. The lowest BCUT2D eigenvalue weighted by Crippen LogP contribution is -2.53. The molecule has 2 aromatic carbocycles. The van der Waals surface area contributed by atoms with E-state index in [2.05, 4.69) is 98.8 Å². The lowest BCUT2D eigenvalue weighted by Gasteiger charge is -2.57. The highest BCUT2D eigenvalue weighted by Gasteiger charge is 2.61. The number of esters is 11. The molecular formula is C107H148O22. The average Bonchev–Trinajstić information content (AvgIpc) is 0.731. The van der Waals surface area contributed by atoms with Crippen LogP contribution >= 0.6 is 0 Å². The predicted octanol–water partition coefficient (Wildman–Crippen LogP) is 21.8. The van der Waals surface area contributed by atoms with Gasteiger partial charge in [-0.15, -0.1) is 0 Å². The Morgan fingerprint density at radius 3 is 0.961 bits per heavy atom. The van der Waals surface area contributed by atoms with Crippen LogP contribution in [-0.4, -0.2) is 138 Å². The van der Waals surface area contributed by atoms with E-state index in [0.717, 1.165) is 128 Å². The Bertz CT molecular complexity index is 4530. The van der Waals surface area contributed by atoms with Crippen LogP contribution in [0.1, 0.15) is 343 Å². The van der Waals surface area contributed by atoms with Crippen LogP contribution < -0.4 is 0 Å². The van der Waals surface area contributed by atoms with E-state index in [1.165, 1.54) is 96.2 Å². The Morgan fingerprint density at radius 2 is 0.628 bits per heavy atom. The first-order valence-corrected chi connectivity index (χ1v) is 48.8. The van der Waals surface area contributed by atoms with E-state index in [1.54, 1.807) is 0 Å². The number of carbonyl (C=O) groups excluding carboxylic acids is 11. The third kappa shape index (κ3) is 24.7. The first-order valence-electron chi connectivity index (χ1n) is 48.8. The van der Waals surface area contributed by atoms with Crippen molar-refractivity contribution in [3.8, 4) is 0 Å². The molecule has 0 saturated heterocycles. The quantitative estimate of drug-likeness (QED) is 0.0338. The predicted molar refractivity (Wildman–Crippen MR) is 489 cm³/mol. The molecule has 0 N–H and O–H groups in total.